The molecule has 1 aromatic carbocycles. The number of aromatic amines is 1. The summed E-state index contributed by atoms with van der Waals surface area (Å²) in [5, 5.41) is 3.39. The van der Waals surface area contributed by atoms with E-state index in [0.29, 0.717) is 5.65 Å². The summed E-state index contributed by atoms with van der Waals surface area (Å²) >= 11 is 0. The number of aromatic nitrogens is 4. The number of methoxy groups -OCH3 is 1. The second-order valence-corrected chi connectivity index (χ2v) is 4.93. The van der Waals surface area contributed by atoms with Crippen molar-refractivity contribution in [3.63, 3.8) is 0 Å². The third-order valence-electron chi connectivity index (χ3n) is 3.43. The molecule has 2 heterocycles. The molecule has 6 heteroatoms. The number of nitrogens with zero attached hydrogens (tertiary/aromatic N) is 3. The fraction of sp³-hybridized carbons (Fsp3) is 0.267. The van der Waals surface area contributed by atoms with E-state index in [4.69, 9.17) is 4.74 Å². The molecule has 0 aliphatic rings. The molecule has 2 aromatic heterocycles. The molecule has 0 fully saturated rings. The number of fused-ring (bicyclic) bond motifs is 1. The van der Waals surface area contributed by atoms with Gasteiger partial charge in [-0.1, -0.05) is 17.7 Å². The predicted molar refractivity (Wildman–Crippen MR) is 81.5 cm³/mol. The van der Waals surface area contributed by atoms with Gasteiger partial charge in [0.1, 0.15) is 17.6 Å². The van der Waals surface area contributed by atoms with Gasteiger partial charge in [-0.25, -0.2) is 15.0 Å². The quantitative estimate of drug-likeness (QED) is 0.770. The fourth-order valence-corrected chi connectivity index (χ4v) is 2.35. The van der Waals surface area contributed by atoms with E-state index in [1.165, 1.54) is 11.9 Å². The van der Waals surface area contributed by atoms with Crippen LogP contribution in [0.25, 0.3) is 11.2 Å². The summed E-state index contributed by atoms with van der Waals surface area (Å²) in [6.45, 7) is 4.13. The first-order valence-corrected chi connectivity index (χ1v) is 6.74. The molecule has 0 aliphatic heterocycles. The monoisotopic (exact) mass is 283 g/mol. The molecule has 0 saturated carbocycles. The Labute approximate surface area is 122 Å². The van der Waals surface area contributed by atoms with Gasteiger partial charge in [-0.05, 0) is 19.9 Å². The van der Waals surface area contributed by atoms with E-state index in [9.17, 15) is 0 Å². The number of H-pyrrole nitrogens is 1. The fourth-order valence-electron chi connectivity index (χ4n) is 2.35. The third-order valence-corrected chi connectivity index (χ3v) is 3.43. The van der Waals surface area contributed by atoms with Crippen molar-refractivity contribution in [1.82, 2.24) is 19.9 Å². The van der Waals surface area contributed by atoms with Crippen LogP contribution in [-0.2, 0) is 0 Å². The van der Waals surface area contributed by atoms with Gasteiger partial charge < -0.3 is 15.0 Å². The Bertz CT molecular complexity index is 768. The van der Waals surface area contributed by atoms with Crippen LogP contribution in [0, 0.1) is 6.92 Å². The third kappa shape index (κ3) is 2.52. The van der Waals surface area contributed by atoms with E-state index in [1.54, 1.807) is 13.4 Å². The van der Waals surface area contributed by atoms with E-state index in [0.717, 1.165) is 22.6 Å². The molecule has 0 radical (unpaired) electrons. The van der Waals surface area contributed by atoms with Crippen molar-refractivity contribution in [3.05, 3.63) is 42.0 Å². The Balaban J connectivity index is 1.94. The highest BCUT2D eigenvalue weighted by Crippen LogP contribution is 2.29. The van der Waals surface area contributed by atoms with E-state index < -0.39 is 0 Å². The Hall–Kier alpha value is -2.63. The smallest absolute Gasteiger partial charge is 0.182 e. The highest BCUT2D eigenvalue weighted by molar-refractivity contribution is 5.82. The molecule has 2 N–H and O–H groups in total. The number of benzene rings is 1. The molecule has 21 heavy (non-hydrogen) atoms. The lowest BCUT2D eigenvalue weighted by Gasteiger charge is -2.18. The lowest BCUT2D eigenvalue weighted by Crippen LogP contribution is -2.10. The number of hydrogen-bond donors (Lipinski definition) is 2. The van der Waals surface area contributed by atoms with Gasteiger partial charge in [0.2, 0.25) is 0 Å². The zero-order valence-corrected chi connectivity index (χ0v) is 12.2. The molecular formula is C15H17N5O. The Morgan fingerprint density at radius 2 is 2.10 bits per heavy atom. The van der Waals surface area contributed by atoms with Gasteiger partial charge in [-0.15, -0.1) is 0 Å². The van der Waals surface area contributed by atoms with Gasteiger partial charge in [0.25, 0.3) is 0 Å². The molecule has 0 amide bonds. The van der Waals surface area contributed by atoms with Gasteiger partial charge in [0, 0.05) is 5.56 Å². The molecule has 3 rings (SSSR count). The van der Waals surface area contributed by atoms with Crippen LogP contribution >= 0.6 is 0 Å². The molecule has 0 unspecified atom stereocenters. The van der Waals surface area contributed by atoms with Crippen LogP contribution in [0.5, 0.6) is 5.75 Å². The van der Waals surface area contributed by atoms with Crippen LogP contribution < -0.4 is 10.1 Å². The second kappa shape index (κ2) is 5.40. The van der Waals surface area contributed by atoms with Crippen molar-refractivity contribution >= 4 is 17.0 Å². The topological polar surface area (TPSA) is 75.7 Å². The standard InChI is InChI=1S/C15H17N5O/c1-9-4-5-12(21-3)11(6-9)10(2)20-15-13-14(17-7-16-13)18-8-19-15/h4-8,10H,1-3H3,(H2,16,17,18,19,20)/t10-/m0/s1. The largest absolute Gasteiger partial charge is 0.496 e. The van der Waals surface area contributed by atoms with Gasteiger partial charge >= 0.3 is 0 Å². The minimum atomic E-state index is 0.0428. The minimum Gasteiger partial charge on any atom is -0.496 e. The average molecular weight is 283 g/mol. The Morgan fingerprint density at radius 3 is 2.90 bits per heavy atom. The predicted octanol–water partition coefficient (Wildman–Crippen LogP) is 2.84. The van der Waals surface area contributed by atoms with Crippen LogP contribution in [0.3, 0.4) is 0 Å². The van der Waals surface area contributed by atoms with E-state index in [-0.39, 0.29) is 6.04 Å². The number of anilines is 1. The zero-order chi connectivity index (χ0) is 14.8. The molecule has 0 spiro atoms. The Morgan fingerprint density at radius 1 is 1.24 bits per heavy atom. The summed E-state index contributed by atoms with van der Waals surface area (Å²) in [6.07, 6.45) is 3.12. The van der Waals surface area contributed by atoms with E-state index >= 15 is 0 Å². The number of rotatable bonds is 4. The molecule has 0 aliphatic carbocycles. The number of imidazole rings is 1. The highest BCUT2D eigenvalue weighted by Gasteiger charge is 2.14. The van der Waals surface area contributed by atoms with Crippen molar-refractivity contribution in [3.8, 4) is 5.75 Å². The summed E-state index contributed by atoms with van der Waals surface area (Å²) < 4.78 is 5.44. The molecule has 108 valence electrons. The summed E-state index contributed by atoms with van der Waals surface area (Å²) in [5.74, 6) is 1.59. The van der Waals surface area contributed by atoms with Crippen LogP contribution in [-0.4, -0.2) is 27.0 Å². The summed E-state index contributed by atoms with van der Waals surface area (Å²) in [7, 11) is 1.68. The van der Waals surface area contributed by atoms with Crippen molar-refractivity contribution < 1.29 is 4.74 Å². The summed E-state index contributed by atoms with van der Waals surface area (Å²) in [6, 6.07) is 6.17. The van der Waals surface area contributed by atoms with Gasteiger partial charge in [-0.3, -0.25) is 0 Å². The molecular weight excluding hydrogens is 266 g/mol. The second-order valence-electron chi connectivity index (χ2n) is 4.93. The van der Waals surface area contributed by atoms with Crippen LogP contribution in [0.4, 0.5) is 5.82 Å². The maximum atomic E-state index is 5.44. The summed E-state index contributed by atoms with van der Waals surface area (Å²) in [4.78, 5) is 15.6. The number of aryl methyl sites for hydroxylation is 1. The SMILES string of the molecule is COc1ccc(C)cc1[C@H](C)Nc1ncnc2nc[nH]c12. The first-order valence-electron chi connectivity index (χ1n) is 6.74. The van der Waals surface area contributed by atoms with E-state index in [1.807, 2.05) is 12.1 Å². The molecule has 0 bridgehead atoms. The van der Waals surface area contributed by atoms with Crippen LogP contribution in [0.15, 0.2) is 30.9 Å². The van der Waals surface area contributed by atoms with Crippen molar-refractivity contribution in [2.75, 3.05) is 12.4 Å². The maximum absolute atomic E-state index is 5.44. The summed E-state index contributed by atoms with van der Waals surface area (Å²) in [5.41, 5.74) is 3.73. The normalized spacial score (nSPS) is 12.3. The van der Waals surface area contributed by atoms with Crippen molar-refractivity contribution in [2.24, 2.45) is 0 Å². The molecule has 1 atom stereocenters. The van der Waals surface area contributed by atoms with E-state index in [2.05, 4.69) is 45.2 Å². The van der Waals surface area contributed by atoms with Crippen LogP contribution in [0.2, 0.25) is 0 Å². The minimum absolute atomic E-state index is 0.0428. The van der Waals surface area contributed by atoms with Crippen molar-refractivity contribution in [2.45, 2.75) is 19.9 Å². The zero-order valence-electron chi connectivity index (χ0n) is 12.2. The molecule has 6 nitrogen and oxygen atoms in total. The first-order chi connectivity index (χ1) is 10.2. The number of ether oxygens (including phenoxy) is 1. The first kappa shape index (κ1) is 13.4. The maximum Gasteiger partial charge on any atom is 0.182 e. The molecule has 3 aromatic rings. The van der Waals surface area contributed by atoms with Gasteiger partial charge in [-0.2, -0.15) is 0 Å². The van der Waals surface area contributed by atoms with Gasteiger partial charge in [0.05, 0.1) is 19.5 Å². The average Bonchev–Trinajstić information content (AvgIpc) is 2.96. The highest BCUT2D eigenvalue weighted by atomic mass is 16.5. The Kier molecular flexibility index (Phi) is 3.43. The van der Waals surface area contributed by atoms with Crippen molar-refractivity contribution in [1.29, 1.82) is 0 Å². The molecule has 0 saturated heterocycles. The lowest BCUT2D eigenvalue weighted by atomic mass is 10.0. The van der Waals surface area contributed by atoms with Gasteiger partial charge in [0.15, 0.2) is 11.5 Å². The number of hydrogen-bond acceptors (Lipinski definition) is 5. The lowest BCUT2D eigenvalue weighted by molar-refractivity contribution is 0.408. The van der Waals surface area contributed by atoms with Crippen LogP contribution in [0.1, 0.15) is 24.1 Å². The number of nitrogens with one attached hydrogen (secondary N) is 2.